The molecule has 0 spiro atoms. The van der Waals surface area contributed by atoms with Crippen LogP contribution in [0.4, 0.5) is 4.79 Å². The number of nitrogens with one attached hydrogen (secondary N) is 1. The lowest BCUT2D eigenvalue weighted by molar-refractivity contribution is 0.0715. The highest BCUT2D eigenvalue weighted by Crippen LogP contribution is 2.36. The zero-order valence-electron chi connectivity index (χ0n) is 20.1. The predicted molar refractivity (Wildman–Crippen MR) is 137 cm³/mol. The average molecular weight is 468 g/mol. The lowest BCUT2D eigenvalue weighted by Crippen LogP contribution is -2.59. The Hall–Kier alpha value is -3.31. The number of urea groups is 1. The molecule has 2 bridgehead atoms. The minimum absolute atomic E-state index is 0.0626. The zero-order valence-corrected chi connectivity index (χ0v) is 20.1. The van der Waals surface area contributed by atoms with Crippen molar-refractivity contribution in [3.63, 3.8) is 0 Å². The molecule has 3 aromatic rings. The van der Waals surface area contributed by atoms with Gasteiger partial charge >= 0.3 is 6.03 Å². The van der Waals surface area contributed by atoms with Crippen LogP contribution in [0.15, 0.2) is 78.9 Å². The van der Waals surface area contributed by atoms with E-state index < -0.39 is 0 Å². The van der Waals surface area contributed by atoms with E-state index in [9.17, 15) is 4.79 Å². The van der Waals surface area contributed by atoms with Gasteiger partial charge in [0.15, 0.2) is 0 Å². The van der Waals surface area contributed by atoms with Crippen LogP contribution in [0.3, 0.4) is 0 Å². The first kappa shape index (κ1) is 22.2. The smallest absolute Gasteiger partial charge is 0.318 e. The Labute approximate surface area is 207 Å². The van der Waals surface area contributed by atoms with Crippen molar-refractivity contribution in [1.29, 1.82) is 0 Å². The summed E-state index contributed by atoms with van der Waals surface area (Å²) < 4.78 is 6.01. The van der Waals surface area contributed by atoms with E-state index in [0.29, 0.717) is 12.5 Å². The van der Waals surface area contributed by atoms with Crippen molar-refractivity contribution in [2.24, 2.45) is 5.92 Å². The summed E-state index contributed by atoms with van der Waals surface area (Å²) in [7, 11) is 0. The molecule has 5 nitrogen and oxygen atoms in total. The summed E-state index contributed by atoms with van der Waals surface area (Å²) in [5, 5.41) is 3.42. The second-order valence-corrected chi connectivity index (χ2v) is 10.1. The van der Waals surface area contributed by atoms with Gasteiger partial charge in [-0.25, -0.2) is 4.79 Å². The van der Waals surface area contributed by atoms with E-state index in [4.69, 9.17) is 4.74 Å². The number of amides is 2. The molecule has 2 atom stereocenters. The molecular weight excluding hydrogens is 434 g/mol. The first-order valence-corrected chi connectivity index (χ1v) is 12.9. The molecule has 3 fully saturated rings. The minimum Gasteiger partial charge on any atom is -0.489 e. The van der Waals surface area contributed by atoms with Gasteiger partial charge in [-0.2, -0.15) is 0 Å². The van der Waals surface area contributed by atoms with Crippen LogP contribution >= 0.6 is 0 Å². The highest BCUT2D eigenvalue weighted by molar-refractivity contribution is 5.76. The van der Waals surface area contributed by atoms with E-state index in [1.807, 2.05) is 35.2 Å². The number of hydrogen-bond donors (Lipinski definition) is 1. The number of fused-ring (bicyclic) bond motifs is 4. The summed E-state index contributed by atoms with van der Waals surface area (Å²) >= 11 is 0. The summed E-state index contributed by atoms with van der Waals surface area (Å²) in [6, 6.07) is 27.3. The monoisotopic (exact) mass is 467 g/mol. The molecule has 4 aliphatic rings. The molecule has 0 saturated carbocycles. The van der Waals surface area contributed by atoms with Crippen LogP contribution in [0, 0.1) is 5.92 Å². The average Bonchev–Trinajstić information content (AvgIpc) is 2.93. The fourth-order valence-electron chi connectivity index (χ4n) is 6.00. The maximum atomic E-state index is 13.6. The van der Waals surface area contributed by atoms with Crippen molar-refractivity contribution >= 4 is 6.03 Å². The number of benzene rings is 3. The van der Waals surface area contributed by atoms with Gasteiger partial charge in [-0.15, -0.1) is 0 Å². The van der Waals surface area contributed by atoms with E-state index >= 15 is 0 Å². The molecule has 2 amide bonds. The molecule has 1 N–H and O–H groups in total. The number of hydrogen-bond acceptors (Lipinski definition) is 3. The highest BCUT2D eigenvalue weighted by atomic mass is 16.5. The quantitative estimate of drug-likeness (QED) is 0.573. The number of carbonyl (C=O) groups is 1. The van der Waals surface area contributed by atoms with Crippen LogP contribution in [0.2, 0.25) is 0 Å². The van der Waals surface area contributed by atoms with Gasteiger partial charge in [0.25, 0.3) is 0 Å². The second-order valence-electron chi connectivity index (χ2n) is 10.1. The Balaban J connectivity index is 1.22. The molecule has 180 valence electrons. The maximum Gasteiger partial charge on any atom is 0.318 e. The molecule has 3 saturated heterocycles. The van der Waals surface area contributed by atoms with Crippen LogP contribution in [-0.4, -0.2) is 48.1 Å². The van der Waals surface area contributed by atoms with Crippen molar-refractivity contribution in [2.75, 3.05) is 26.2 Å². The van der Waals surface area contributed by atoms with Gasteiger partial charge in [0, 0.05) is 19.1 Å². The summed E-state index contributed by atoms with van der Waals surface area (Å²) in [4.78, 5) is 18.2. The van der Waals surface area contributed by atoms with Gasteiger partial charge in [-0.3, -0.25) is 0 Å². The minimum atomic E-state index is -0.0933. The molecule has 35 heavy (non-hydrogen) atoms. The van der Waals surface area contributed by atoms with E-state index in [-0.39, 0.29) is 18.1 Å². The van der Waals surface area contributed by atoms with Gasteiger partial charge in [0.1, 0.15) is 12.4 Å². The Morgan fingerprint density at radius 1 is 0.886 bits per heavy atom. The normalized spacial score (nSPS) is 25.1. The largest absolute Gasteiger partial charge is 0.489 e. The van der Waals surface area contributed by atoms with Crippen LogP contribution in [0.25, 0.3) is 0 Å². The Kier molecular flexibility index (Phi) is 6.17. The van der Waals surface area contributed by atoms with Gasteiger partial charge in [0.2, 0.25) is 0 Å². The zero-order chi connectivity index (χ0) is 23.6. The summed E-state index contributed by atoms with van der Waals surface area (Å²) in [5.74, 6) is 1.45. The molecule has 5 heteroatoms. The van der Waals surface area contributed by atoms with E-state index in [1.54, 1.807) is 0 Å². The first-order valence-electron chi connectivity index (χ1n) is 12.9. The summed E-state index contributed by atoms with van der Waals surface area (Å²) in [6.07, 6.45) is 3.28. The number of nitrogens with zero attached hydrogens (tertiary/aromatic N) is 2. The third-order valence-corrected chi connectivity index (χ3v) is 7.95. The van der Waals surface area contributed by atoms with Gasteiger partial charge < -0.3 is 19.9 Å². The SMILES string of the molecule is O=C(N[C@@H]1CN2CCC1CC2)N1CCc2ccccc2[C@@H]1c1ccc(OCc2ccccc2)cc1. The van der Waals surface area contributed by atoms with Crippen LogP contribution in [0.5, 0.6) is 5.75 Å². The Morgan fingerprint density at radius 2 is 1.63 bits per heavy atom. The Bertz CT molecular complexity index is 1160. The highest BCUT2D eigenvalue weighted by Gasteiger charge is 2.38. The molecule has 0 radical (unpaired) electrons. The topological polar surface area (TPSA) is 44.8 Å². The number of rotatable bonds is 5. The van der Waals surface area contributed by atoms with Crippen LogP contribution in [0.1, 0.15) is 41.1 Å². The van der Waals surface area contributed by atoms with Crippen molar-refractivity contribution in [2.45, 2.75) is 38.0 Å². The van der Waals surface area contributed by atoms with Crippen molar-refractivity contribution in [3.8, 4) is 5.75 Å². The molecule has 3 aromatic carbocycles. The van der Waals surface area contributed by atoms with Crippen molar-refractivity contribution in [3.05, 3.63) is 101 Å². The standard InChI is InChI=1S/C30H33N3O2/c34-30(31-28-20-32-17-14-24(28)15-18-32)33-19-16-23-8-4-5-9-27(23)29(33)25-10-12-26(13-11-25)35-21-22-6-2-1-3-7-22/h1-13,24,28-29H,14-21H2,(H,31,34)/t28-,29+/m1/s1. The maximum absolute atomic E-state index is 13.6. The second kappa shape index (κ2) is 9.74. The molecule has 7 rings (SSSR count). The molecule has 4 heterocycles. The van der Waals surface area contributed by atoms with Gasteiger partial charge in [-0.05, 0) is 72.7 Å². The summed E-state index contributed by atoms with van der Waals surface area (Å²) in [6.45, 7) is 4.60. The molecular formula is C30H33N3O2. The van der Waals surface area contributed by atoms with Crippen LogP contribution < -0.4 is 10.1 Å². The third kappa shape index (κ3) is 4.65. The van der Waals surface area contributed by atoms with Crippen LogP contribution in [-0.2, 0) is 13.0 Å². The van der Waals surface area contributed by atoms with Crippen molar-refractivity contribution in [1.82, 2.24) is 15.1 Å². The number of carbonyl (C=O) groups excluding carboxylic acids is 1. The number of ether oxygens (including phenoxy) is 1. The first-order chi connectivity index (χ1) is 17.2. The fourth-order valence-corrected chi connectivity index (χ4v) is 6.00. The lowest BCUT2D eigenvalue weighted by atomic mass is 9.84. The molecule has 0 aliphatic carbocycles. The lowest BCUT2D eigenvalue weighted by Gasteiger charge is -2.46. The van der Waals surface area contributed by atoms with E-state index in [0.717, 1.165) is 36.4 Å². The predicted octanol–water partition coefficient (Wildman–Crippen LogP) is 5.02. The third-order valence-electron chi connectivity index (χ3n) is 7.95. The summed E-state index contributed by atoms with van der Waals surface area (Å²) in [5.41, 5.74) is 4.82. The number of piperidine rings is 3. The molecule has 0 aromatic heterocycles. The van der Waals surface area contributed by atoms with Gasteiger partial charge in [0.05, 0.1) is 6.04 Å². The molecule has 4 aliphatic heterocycles. The molecule has 0 unspecified atom stereocenters. The van der Waals surface area contributed by atoms with E-state index in [1.165, 1.54) is 37.1 Å². The van der Waals surface area contributed by atoms with Crippen molar-refractivity contribution < 1.29 is 9.53 Å². The Morgan fingerprint density at radius 3 is 2.37 bits per heavy atom. The fraction of sp³-hybridized carbons (Fsp3) is 0.367. The van der Waals surface area contributed by atoms with Gasteiger partial charge in [-0.1, -0.05) is 66.7 Å². The van der Waals surface area contributed by atoms with E-state index in [2.05, 4.69) is 58.7 Å².